The van der Waals surface area contributed by atoms with Gasteiger partial charge in [-0.1, -0.05) is 26.2 Å². The van der Waals surface area contributed by atoms with E-state index in [0.29, 0.717) is 17.4 Å². The summed E-state index contributed by atoms with van der Waals surface area (Å²) in [6, 6.07) is 0. The van der Waals surface area contributed by atoms with E-state index in [0.717, 1.165) is 23.7 Å². The Morgan fingerprint density at radius 2 is 1.71 bits per heavy atom. The number of hydrogen-bond donors (Lipinski definition) is 1. The third-order valence-corrected chi connectivity index (χ3v) is 8.42. The quantitative estimate of drug-likeness (QED) is 0.727. The number of halogens is 1. The third-order valence-electron chi connectivity index (χ3n) is 8.42. The van der Waals surface area contributed by atoms with Gasteiger partial charge in [0.15, 0.2) is 0 Å². The molecule has 0 aromatic rings. The first-order chi connectivity index (χ1) is 9.70. The highest BCUT2D eigenvalue weighted by Gasteiger charge is 2.58. The maximum absolute atomic E-state index is 10.0. The zero-order chi connectivity index (χ0) is 13.8. The molecule has 1 nitrogen and oxygen atoms in total. The molecule has 6 atom stereocenters. The van der Waals surface area contributed by atoms with Crippen LogP contribution >= 0.6 is 0 Å². The van der Waals surface area contributed by atoms with E-state index in [4.69, 9.17) is 0 Å². The largest absolute Gasteiger partial charge is 0.396 e. The smallest absolute Gasteiger partial charge is 0.0490 e. The van der Waals surface area contributed by atoms with Crippen molar-refractivity contribution in [2.75, 3.05) is 6.61 Å². The summed E-state index contributed by atoms with van der Waals surface area (Å²) < 4.78 is 0. The lowest BCUT2D eigenvalue weighted by Gasteiger charge is -2.60. The molecule has 0 radical (unpaired) electrons. The fraction of sp³-hybridized carbons (Fsp3) is 1.00. The molecular weight excluding hydrogens is 263 g/mol. The molecule has 0 aromatic heterocycles. The van der Waals surface area contributed by atoms with Gasteiger partial charge in [0.1, 0.15) is 0 Å². The minimum absolute atomic E-state index is 0. The fourth-order valence-corrected chi connectivity index (χ4v) is 7.36. The minimum Gasteiger partial charge on any atom is -0.396 e. The molecule has 4 aliphatic rings. The van der Waals surface area contributed by atoms with Gasteiger partial charge in [-0.25, -0.2) is 0 Å². The van der Waals surface area contributed by atoms with Crippen molar-refractivity contribution in [3.8, 4) is 0 Å². The van der Waals surface area contributed by atoms with Gasteiger partial charge in [-0.15, -0.1) is 0 Å². The zero-order valence-corrected chi connectivity index (χ0v) is 13.7. The molecule has 1 N–H and O–H groups in total. The van der Waals surface area contributed by atoms with E-state index >= 15 is 0 Å². The van der Waals surface area contributed by atoms with E-state index in [9.17, 15) is 5.11 Å². The van der Waals surface area contributed by atoms with Crippen LogP contribution in [0.2, 0.25) is 0 Å². The summed E-state index contributed by atoms with van der Waals surface area (Å²) >= 11 is 0. The van der Waals surface area contributed by atoms with Crippen molar-refractivity contribution < 1.29 is 9.81 Å². The Morgan fingerprint density at radius 3 is 2.52 bits per heavy atom. The van der Waals surface area contributed by atoms with Gasteiger partial charge in [0.2, 0.25) is 0 Å². The second kappa shape index (κ2) is 5.51. The molecule has 2 heteroatoms. The van der Waals surface area contributed by atoms with Crippen molar-refractivity contribution in [2.24, 2.45) is 34.5 Å². The second-order valence-corrected chi connectivity index (χ2v) is 8.85. The molecule has 4 rings (SSSR count). The number of rotatable bonds is 1. The van der Waals surface area contributed by atoms with Crippen molar-refractivity contribution in [3.05, 3.63) is 0 Å². The summed E-state index contributed by atoms with van der Waals surface area (Å²) in [5.41, 5.74) is 1.00. The lowest BCUT2D eigenvalue weighted by Crippen LogP contribution is -2.53. The van der Waals surface area contributed by atoms with Crippen LogP contribution in [-0.4, -0.2) is 11.7 Å². The van der Waals surface area contributed by atoms with Crippen LogP contribution < -0.4 is 0 Å². The van der Waals surface area contributed by atoms with Crippen molar-refractivity contribution in [1.82, 2.24) is 0 Å². The van der Waals surface area contributed by atoms with Crippen LogP contribution in [0.3, 0.4) is 0 Å². The van der Waals surface area contributed by atoms with E-state index in [-0.39, 0.29) is 4.70 Å². The SMILES string of the molecule is C[C@]12CCCCC1CC[C@H]1[C@@H]3CCC[C@@]3(CO)CC[C@@H]12.F. The number of aliphatic hydroxyl groups excluding tert-OH is 1. The monoisotopic (exact) mass is 296 g/mol. The molecule has 21 heavy (non-hydrogen) atoms. The minimum atomic E-state index is 0. The van der Waals surface area contributed by atoms with Gasteiger partial charge in [0.25, 0.3) is 0 Å². The Morgan fingerprint density at radius 1 is 0.857 bits per heavy atom. The molecule has 1 unspecified atom stereocenters. The van der Waals surface area contributed by atoms with Gasteiger partial charge in [-0.05, 0) is 85.9 Å². The first-order valence-electron chi connectivity index (χ1n) is 9.30. The Kier molecular flexibility index (Phi) is 4.14. The van der Waals surface area contributed by atoms with Crippen molar-refractivity contribution >= 4 is 0 Å². The molecule has 0 aliphatic heterocycles. The molecule has 0 amide bonds. The van der Waals surface area contributed by atoms with E-state index < -0.39 is 0 Å². The van der Waals surface area contributed by atoms with Gasteiger partial charge in [0, 0.05) is 6.61 Å². The molecule has 4 saturated carbocycles. The Labute approximate surface area is 129 Å². The lowest BCUT2D eigenvalue weighted by molar-refractivity contribution is -0.117. The van der Waals surface area contributed by atoms with Crippen LogP contribution in [0.15, 0.2) is 0 Å². The maximum Gasteiger partial charge on any atom is 0.0490 e. The summed E-state index contributed by atoms with van der Waals surface area (Å²) in [6.07, 6.45) is 15.8. The third kappa shape index (κ3) is 2.11. The van der Waals surface area contributed by atoms with E-state index in [1.54, 1.807) is 0 Å². The van der Waals surface area contributed by atoms with Crippen molar-refractivity contribution in [2.45, 2.75) is 77.6 Å². The standard InChI is InChI=1S/C19H32O.FH/c1-18-10-3-2-5-14(18)7-8-15-16(18)9-12-19(13-20)11-4-6-17(15)19;/h14-17,20H,2-13H2,1H3;1H/t14?,15-,16+,17+,18+,19+;/m1./s1. The summed E-state index contributed by atoms with van der Waals surface area (Å²) in [4.78, 5) is 0. The van der Waals surface area contributed by atoms with E-state index in [1.807, 2.05) is 0 Å². The highest BCUT2D eigenvalue weighted by Crippen LogP contribution is 2.66. The molecule has 122 valence electrons. The normalized spacial score (nSPS) is 52.3. The van der Waals surface area contributed by atoms with Crippen LogP contribution in [0.25, 0.3) is 0 Å². The highest BCUT2D eigenvalue weighted by molar-refractivity contribution is 5.07. The van der Waals surface area contributed by atoms with Crippen LogP contribution in [-0.2, 0) is 0 Å². The summed E-state index contributed by atoms with van der Waals surface area (Å²) in [5.74, 6) is 3.84. The van der Waals surface area contributed by atoms with Crippen LogP contribution in [0, 0.1) is 34.5 Å². The molecule has 0 aromatic carbocycles. The molecule has 0 saturated heterocycles. The van der Waals surface area contributed by atoms with Gasteiger partial charge in [-0.3, -0.25) is 4.70 Å². The summed E-state index contributed by atoms with van der Waals surface area (Å²) in [7, 11) is 0. The molecule has 0 spiro atoms. The van der Waals surface area contributed by atoms with Gasteiger partial charge in [-0.2, -0.15) is 0 Å². The highest BCUT2D eigenvalue weighted by atomic mass is 19.0. The van der Waals surface area contributed by atoms with E-state index in [1.165, 1.54) is 70.6 Å². The molecule has 4 aliphatic carbocycles. The Bertz CT molecular complexity index is 384. The number of hydrogen-bond acceptors (Lipinski definition) is 1. The van der Waals surface area contributed by atoms with Gasteiger partial charge in [0.05, 0.1) is 0 Å². The molecule has 0 heterocycles. The molecular formula is C19H33FO. The first-order valence-corrected chi connectivity index (χ1v) is 9.30. The van der Waals surface area contributed by atoms with Crippen molar-refractivity contribution in [3.63, 3.8) is 0 Å². The predicted molar refractivity (Wildman–Crippen MR) is 84.9 cm³/mol. The van der Waals surface area contributed by atoms with Gasteiger partial charge < -0.3 is 5.11 Å². The number of aliphatic hydroxyl groups is 1. The first kappa shape index (κ1) is 15.8. The fourth-order valence-electron chi connectivity index (χ4n) is 7.36. The summed E-state index contributed by atoms with van der Waals surface area (Å²) in [5, 5.41) is 10.0. The maximum atomic E-state index is 10.0. The van der Waals surface area contributed by atoms with Gasteiger partial charge >= 0.3 is 0 Å². The van der Waals surface area contributed by atoms with Crippen LogP contribution in [0.5, 0.6) is 0 Å². The second-order valence-electron chi connectivity index (χ2n) is 8.85. The molecule has 4 fully saturated rings. The predicted octanol–water partition coefficient (Wildman–Crippen LogP) is 4.93. The average molecular weight is 296 g/mol. The lowest BCUT2D eigenvalue weighted by atomic mass is 9.45. The van der Waals surface area contributed by atoms with Crippen molar-refractivity contribution in [1.29, 1.82) is 0 Å². The summed E-state index contributed by atoms with van der Waals surface area (Å²) in [6.45, 7) is 3.12. The average Bonchev–Trinajstić information content (AvgIpc) is 2.91. The van der Waals surface area contributed by atoms with Crippen LogP contribution in [0.1, 0.15) is 77.6 Å². The van der Waals surface area contributed by atoms with E-state index in [2.05, 4.69) is 6.92 Å². The number of fused-ring (bicyclic) bond motifs is 5. The van der Waals surface area contributed by atoms with Crippen LogP contribution in [0.4, 0.5) is 4.70 Å². The Balaban J connectivity index is 0.00000132. The topological polar surface area (TPSA) is 20.2 Å². The Hall–Kier alpha value is -0.110. The molecule has 0 bridgehead atoms. The zero-order valence-electron chi connectivity index (χ0n) is 13.7.